The second-order valence-electron chi connectivity index (χ2n) is 7.29. The van der Waals surface area contributed by atoms with Gasteiger partial charge in [0.2, 0.25) is 0 Å². The quantitative estimate of drug-likeness (QED) is 0.757. The second kappa shape index (κ2) is 5.53. The van der Waals surface area contributed by atoms with Crippen LogP contribution in [0, 0.1) is 5.41 Å². The van der Waals surface area contributed by atoms with E-state index in [0.717, 1.165) is 13.1 Å². The third kappa shape index (κ3) is 6.23. The Morgan fingerprint density at radius 2 is 1.76 bits per heavy atom. The number of nitrogens with zero attached hydrogens (tertiary/aromatic N) is 1. The minimum Gasteiger partial charge on any atom is -0.308 e. The smallest absolute Gasteiger partial charge is 0.0202 e. The summed E-state index contributed by atoms with van der Waals surface area (Å²) in [5, 5.41) is 3.50. The van der Waals surface area contributed by atoms with Crippen molar-refractivity contribution >= 4 is 0 Å². The monoisotopic (exact) mass is 238 g/mol. The van der Waals surface area contributed by atoms with Gasteiger partial charge in [0.25, 0.3) is 0 Å². The molecule has 1 aliphatic rings. The van der Waals surface area contributed by atoms with Gasteiger partial charge in [0.05, 0.1) is 0 Å². The third-order valence-electron chi connectivity index (χ3n) is 3.53. The molecule has 100 valence electrons. The molecule has 0 unspecified atom stereocenters. The highest BCUT2D eigenvalue weighted by molar-refractivity contribution is 5.01. The van der Waals surface area contributed by atoms with E-state index in [0.29, 0.717) is 5.41 Å². The van der Waals surface area contributed by atoms with Gasteiger partial charge in [-0.25, -0.2) is 0 Å². The maximum absolute atomic E-state index is 4.18. The summed E-state index contributed by atoms with van der Waals surface area (Å²) in [6.45, 7) is 20.0. The van der Waals surface area contributed by atoms with Gasteiger partial charge in [0.15, 0.2) is 0 Å². The van der Waals surface area contributed by atoms with Crippen molar-refractivity contribution in [2.45, 2.75) is 53.0 Å². The molecule has 1 fully saturated rings. The number of hydrogen-bond acceptors (Lipinski definition) is 2. The predicted molar refractivity (Wildman–Crippen MR) is 76.4 cm³/mol. The van der Waals surface area contributed by atoms with Crippen LogP contribution < -0.4 is 5.32 Å². The second-order valence-corrected chi connectivity index (χ2v) is 7.29. The largest absolute Gasteiger partial charge is 0.308 e. The summed E-state index contributed by atoms with van der Waals surface area (Å²) in [4.78, 5) is 2.54. The average molecular weight is 238 g/mol. The molecule has 0 aromatic rings. The van der Waals surface area contributed by atoms with E-state index in [1.165, 1.54) is 31.5 Å². The molecule has 0 aliphatic carbocycles. The molecule has 0 amide bonds. The molecule has 1 heterocycles. The van der Waals surface area contributed by atoms with Crippen LogP contribution in [0.4, 0.5) is 0 Å². The van der Waals surface area contributed by atoms with Crippen LogP contribution in [0.3, 0.4) is 0 Å². The van der Waals surface area contributed by atoms with E-state index in [-0.39, 0.29) is 5.54 Å². The van der Waals surface area contributed by atoms with Gasteiger partial charge in [-0.3, -0.25) is 4.90 Å². The standard InChI is InChI=1S/C15H30N2/c1-13(11-16-14(2,3)4)12-17-9-7-15(5,6)8-10-17/h16H,1,7-12H2,2-6H3. The van der Waals surface area contributed by atoms with Gasteiger partial charge in [-0.2, -0.15) is 0 Å². The van der Waals surface area contributed by atoms with Gasteiger partial charge in [-0.15, -0.1) is 0 Å². The first kappa shape index (κ1) is 14.7. The van der Waals surface area contributed by atoms with Crippen LogP contribution in [0.5, 0.6) is 0 Å². The molecule has 0 aromatic carbocycles. The molecule has 1 N–H and O–H groups in total. The Kier molecular flexibility index (Phi) is 4.79. The Labute approximate surface area is 107 Å². The van der Waals surface area contributed by atoms with E-state index in [2.05, 4.69) is 51.4 Å². The lowest BCUT2D eigenvalue weighted by molar-refractivity contribution is 0.141. The van der Waals surface area contributed by atoms with Crippen LogP contribution in [0.2, 0.25) is 0 Å². The van der Waals surface area contributed by atoms with Crippen molar-refractivity contribution in [3.63, 3.8) is 0 Å². The Balaban J connectivity index is 2.24. The van der Waals surface area contributed by atoms with Crippen molar-refractivity contribution in [1.29, 1.82) is 0 Å². The third-order valence-corrected chi connectivity index (χ3v) is 3.53. The minimum atomic E-state index is 0.187. The topological polar surface area (TPSA) is 15.3 Å². The summed E-state index contributed by atoms with van der Waals surface area (Å²) in [6, 6.07) is 0. The van der Waals surface area contributed by atoms with Crippen molar-refractivity contribution in [1.82, 2.24) is 10.2 Å². The summed E-state index contributed by atoms with van der Waals surface area (Å²) in [7, 11) is 0. The van der Waals surface area contributed by atoms with Crippen LogP contribution in [-0.2, 0) is 0 Å². The van der Waals surface area contributed by atoms with E-state index in [1.807, 2.05) is 0 Å². The van der Waals surface area contributed by atoms with E-state index in [4.69, 9.17) is 0 Å². The zero-order valence-electron chi connectivity index (χ0n) is 12.4. The Bertz CT molecular complexity index is 251. The summed E-state index contributed by atoms with van der Waals surface area (Å²) in [6.07, 6.45) is 2.62. The van der Waals surface area contributed by atoms with Crippen LogP contribution in [0.1, 0.15) is 47.5 Å². The highest BCUT2D eigenvalue weighted by atomic mass is 15.1. The molecule has 17 heavy (non-hydrogen) atoms. The normalized spacial score (nSPS) is 21.5. The van der Waals surface area contributed by atoms with E-state index >= 15 is 0 Å². The van der Waals surface area contributed by atoms with Gasteiger partial charge in [0.1, 0.15) is 0 Å². The van der Waals surface area contributed by atoms with Crippen molar-refractivity contribution in [3.05, 3.63) is 12.2 Å². The first-order valence-corrected chi connectivity index (χ1v) is 6.82. The fraction of sp³-hybridized carbons (Fsp3) is 0.867. The molecule has 0 spiro atoms. The summed E-state index contributed by atoms with van der Waals surface area (Å²) >= 11 is 0. The lowest BCUT2D eigenvalue weighted by atomic mass is 9.82. The van der Waals surface area contributed by atoms with Gasteiger partial charge in [-0.1, -0.05) is 20.4 Å². The number of rotatable bonds is 4. The molecule has 0 saturated carbocycles. The van der Waals surface area contributed by atoms with Crippen LogP contribution in [0.15, 0.2) is 12.2 Å². The molecule has 2 heteroatoms. The van der Waals surface area contributed by atoms with E-state index in [1.54, 1.807) is 0 Å². The van der Waals surface area contributed by atoms with Crippen LogP contribution >= 0.6 is 0 Å². The van der Waals surface area contributed by atoms with Gasteiger partial charge in [-0.05, 0) is 57.7 Å². The molecule has 1 saturated heterocycles. The molecule has 1 rings (SSSR count). The molecular weight excluding hydrogens is 208 g/mol. The molecule has 0 atom stereocenters. The number of hydrogen-bond donors (Lipinski definition) is 1. The van der Waals surface area contributed by atoms with Gasteiger partial charge >= 0.3 is 0 Å². The van der Waals surface area contributed by atoms with Crippen molar-refractivity contribution in [2.75, 3.05) is 26.2 Å². The Morgan fingerprint density at radius 1 is 1.24 bits per heavy atom. The molecule has 1 aliphatic heterocycles. The molecular formula is C15H30N2. The van der Waals surface area contributed by atoms with Crippen molar-refractivity contribution in [3.8, 4) is 0 Å². The maximum Gasteiger partial charge on any atom is 0.0202 e. The SMILES string of the molecule is C=C(CNC(C)(C)C)CN1CCC(C)(C)CC1. The predicted octanol–water partition coefficient (Wildman–Crippen LogP) is 3.05. The highest BCUT2D eigenvalue weighted by Crippen LogP contribution is 2.29. The summed E-state index contributed by atoms with van der Waals surface area (Å²) in [5.74, 6) is 0. The minimum absolute atomic E-state index is 0.187. The van der Waals surface area contributed by atoms with Crippen LogP contribution in [0.25, 0.3) is 0 Å². The van der Waals surface area contributed by atoms with Crippen molar-refractivity contribution in [2.24, 2.45) is 5.41 Å². The molecule has 0 aromatic heterocycles. The maximum atomic E-state index is 4.18. The lowest BCUT2D eigenvalue weighted by Gasteiger charge is -2.37. The van der Waals surface area contributed by atoms with Gasteiger partial charge in [0, 0.05) is 18.6 Å². The summed E-state index contributed by atoms with van der Waals surface area (Å²) < 4.78 is 0. The average Bonchev–Trinajstić information content (AvgIpc) is 2.17. The van der Waals surface area contributed by atoms with Crippen molar-refractivity contribution < 1.29 is 0 Å². The first-order chi connectivity index (χ1) is 7.68. The summed E-state index contributed by atoms with van der Waals surface area (Å²) in [5.41, 5.74) is 2.04. The number of likely N-dealkylation sites (tertiary alicyclic amines) is 1. The molecule has 0 radical (unpaired) electrons. The first-order valence-electron chi connectivity index (χ1n) is 6.82. The molecule has 2 nitrogen and oxygen atoms in total. The number of nitrogens with one attached hydrogen (secondary N) is 1. The van der Waals surface area contributed by atoms with E-state index in [9.17, 15) is 0 Å². The lowest BCUT2D eigenvalue weighted by Crippen LogP contribution is -2.41. The Hall–Kier alpha value is -0.340. The highest BCUT2D eigenvalue weighted by Gasteiger charge is 2.25. The fourth-order valence-corrected chi connectivity index (χ4v) is 2.08. The molecule has 0 bridgehead atoms. The zero-order chi connectivity index (χ0) is 13.1. The zero-order valence-corrected chi connectivity index (χ0v) is 12.4. The number of piperidine rings is 1. The fourth-order valence-electron chi connectivity index (χ4n) is 2.08. The van der Waals surface area contributed by atoms with Gasteiger partial charge < -0.3 is 5.32 Å². The van der Waals surface area contributed by atoms with E-state index < -0.39 is 0 Å². The Morgan fingerprint density at radius 3 is 2.24 bits per heavy atom. The van der Waals surface area contributed by atoms with Crippen LogP contribution in [-0.4, -0.2) is 36.6 Å².